The molecule has 0 fully saturated rings. The lowest BCUT2D eigenvalue weighted by Gasteiger charge is -2.12. The van der Waals surface area contributed by atoms with E-state index in [1.807, 2.05) is 18.2 Å². The Morgan fingerprint density at radius 1 is 1.09 bits per heavy atom. The van der Waals surface area contributed by atoms with Gasteiger partial charge in [0.25, 0.3) is 0 Å². The summed E-state index contributed by atoms with van der Waals surface area (Å²) in [6.07, 6.45) is -3.96. The molecule has 0 spiro atoms. The molecule has 0 heterocycles. The Kier molecular flexibility index (Phi) is 3.75. The van der Waals surface area contributed by atoms with E-state index >= 15 is 0 Å². The molecule has 2 N–H and O–H groups in total. The van der Waals surface area contributed by atoms with Gasteiger partial charge < -0.3 is 10.4 Å². The molecule has 120 valence electrons. The lowest BCUT2D eigenvalue weighted by Crippen LogP contribution is -2.24. The van der Waals surface area contributed by atoms with Gasteiger partial charge in [0.1, 0.15) is 0 Å². The third-order valence-corrected chi connectivity index (χ3v) is 4.06. The third-order valence-electron chi connectivity index (χ3n) is 4.06. The van der Waals surface area contributed by atoms with Crippen molar-refractivity contribution >= 4 is 6.09 Å². The predicted molar refractivity (Wildman–Crippen MR) is 79.1 cm³/mol. The number of benzene rings is 2. The van der Waals surface area contributed by atoms with Crippen LogP contribution in [-0.2, 0) is 12.6 Å². The number of alkyl halides is 3. The van der Waals surface area contributed by atoms with E-state index in [1.54, 1.807) is 0 Å². The van der Waals surface area contributed by atoms with Gasteiger partial charge in [0.05, 0.1) is 11.6 Å². The Balaban J connectivity index is 1.87. The number of rotatable bonds is 2. The first-order valence-corrected chi connectivity index (χ1v) is 7.14. The number of hydrogen-bond acceptors (Lipinski definition) is 1. The number of aryl methyl sites for hydroxylation is 1. The zero-order chi connectivity index (χ0) is 16.6. The molecular formula is C17H14F3NO2. The summed E-state index contributed by atoms with van der Waals surface area (Å²) in [6, 6.07) is 10.4. The zero-order valence-electron chi connectivity index (χ0n) is 12.0. The molecule has 0 bridgehead atoms. The van der Waals surface area contributed by atoms with Gasteiger partial charge in [-0.3, -0.25) is 0 Å². The maximum atomic E-state index is 12.6. The molecule has 1 aliphatic rings. The van der Waals surface area contributed by atoms with Gasteiger partial charge in [-0.2, -0.15) is 13.2 Å². The highest BCUT2D eigenvalue weighted by Gasteiger charge is 2.30. The number of hydrogen-bond donors (Lipinski definition) is 2. The van der Waals surface area contributed by atoms with Crippen molar-refractivity contribution in [2.75, 3.05) is 0 Å². The smallest absolute Gasteiger partial charge is 0.416 e. The maximum absolute atomic E-state index is 12.6. The summed E-state index contributed by atoms with van der Waals surface area (Å²) in [6.45, 7) is 0. The summed E-state index contributed by atoms with van der Waals surface area (Å²) < 4.78 is 37.8. The lowest BCUT2D eigenvalue weighted by molar-refractivity contribution is -0.137. The molecule has 2 aromatic carbocycles. The molecule has 23 heavy (non-hydrogen) atoms. The largest absolute Gasteiger partial charge is 0.465 e. The van der Waals surface area contributed by atoms with Crippen LogP contribution in [0.4, 0.5) is 18.0 Å². The van der Waals surface area contributed by atoms with Crippen LogP contribution in [0.25, 0.3) is 11.1 Å². The third kappa shape index (κ3) is 3.16. The van der Waals surface area contributed by atoms with Gasteiger partial charge in [0.2, 0.25) is 0 Å². The molecule has 2 aromatic rings. The molecule has 0 aliphatic heterocycles. The average molecular weight is 321 g/mol. The standard InChI is InChI=1S/C17H14F3NO2/c18-17(19,20)13-5-1-10(2-6-13)11-3-7-14-12(9-11)4-8-15(14)21-16(22)23/h1-3,5-7,9,15,21H,4,8H2,(H,22,23). The van der Waals surface area contributed by atoms with Crippen molar-refractivity contribution in [3.63, 3.8) is 0 Å². The molecule has 1 aliphatic carbocycles. The molecular weight excluding hydrogens is 307 g/mol. The second-order valence-corrected chi connectivity index (χ2v) is 5.53. The van der Waals surface area contributed by atoms with E-state index in [2.05, 4.69) is 5.32 Å². The fourth-order valence-electron chi connectivity index (χ4n) is 2.95. The monoisotopic (exact) mass is 321 g/mol. The minimum Gasteiger partial charge on any atom is -0.465 e. The number of amides is 1. The van der Waals surface area contributed by atoms with Gasteiger partial charge in [-0.1, -0.05) is 30.3 Å². The fourth-order valence-corrected chi connectivity index (χ4v) is 2.95. The molecule has 0 aromatic heterocycles. The van der Waals surface area contributed by atoms with Gasteiger partial charge in [-0.25, -0.2) is 4.79 Å². The zero-order valence-corrected chi connectivity index (χ0v) is 12.0. The van der Waals surface area contributed by atoms with Crippen LogP contribution >= 0.6 is 0 Å². The van der Waals surface area contributed by atoms with Crippen LogP contribution < -0.4 is 5.32 Å². The van der Waals surface area contributed by atoms with Crippen molar-refractivity contribution < 1.29 is 23.1 Å². The number of nitrogens with one attached hydrogen (secondary N) is 1. The molecule has 0 radical (unpaired) electrons. The summed E-state index contributed by atoms with van der Waals surface area (Å²) in [7, 11) is 0. The van der Waals surface area contributed by atoms with Gasteiger partial charge >= 0.3 is 12.3 Å². The van der Waals surface area contributed by atoms with E-state index in [0.717, 1.165) is 35.2 Å². The van der Waals surface area contributed by atoms with Gasteiger partial charge in [-0.15, -0.1) is 0 Å². The second kappa shape index (κ2) is 5.61. The highest BCUT2D eigenvalue weighted by Crippen LogP contribution is 2.35. The normalized spacial score (nSPS) is 16.9. The summed E-state index contributed by atoms with van der Waals surface area (Å²) >= 11 is 0. The van der Waals surface area contributed by atoms with Crippen LogP contribution in [0, 0.1) is 0 Å². The number of carboxylic acid groups (broad SMARTS) is 1. The molecule has 6 heteroatoms. The Morgan fingerprint density at radius 2 is 1.74 bits per heavy atom. The Bertz CT molecular complexity index is 738. The fraction of sp³-hybridized carbons (Fsp3) is 0.235. The van der Waals surface area contributed by atoms with Crippen LogP contribution in [-0.4, -0.2) is 11.2 Å². The van der Waals surface area contributed by atoms with E-state index in [1.165, 1.54) is 12.1 Å². The minimum absolute atomic E-state index is 0.218. The summed E-state index contributed by atoms with van der Waals surface area (Å²) in [5.41, 5.74) is 2.82. The summed E-state index contributed by atoms with van der Waals surface area (Å²) in [5, 5.41) is 11.3. The number of carbonyl (C=O) groups is 1. The average Bonchev–Trinajstić information content (AvgIpc) is 2.88. The molecule has 1 atom stereocenters. The van der Waals surface area contributed by atoms with Crippen LogP contribution in [0.2, 0.25) is 0 Å². The van der Waals surface area contributed by atoms with E-state index in [-0.39, 0.29) is 6.04 Å². The van der Waals surface area contributed by atoms with Gasteiger partial charge in [0.15, 0.2) is 0 Å². The first-order chi connectivity index (χ1) is 10.8. The van der Waals surface area contributed by atoms with Gasteiger partial charge in [-0.05, 0) is 47.2 Å². The number of halogens is 3. The van der Waals surface area contributed by atoms with Crippen LogP contribution in [0.15, 0.2) is 42.5 Å². The summed E-state index contributed by atoms with van der Waals surface area (Å²) in [5.74, 6) is 0. The van der Waals surface area contributed by atoms with Crippen molar-refractivity contribution in [2.24, 2.45) is 0 Å². The minimum atomic E-state index is -4.34. The Morgan fingerprint density at radius 3 is 2.35 bits per heavy atom. The van der Waals surface area contributed by atoms with E-state index in [0.29, 0.717) is 12.0 Å². The van der Waals surface area contributed by atoms with Crippen molar-refractivity contribution in [2.45, 2.75) is 25.1 Å². The molecule has 3 rings (SSSR count). The quantitative estimate of drug-likeness (QED) is 0.847. The first kappa shape index (κ1) is 15.4. The van der Waals surface area contributed by atoms with E-state index in [9.17, 15) is 18.0 Å². The lowest BCUT2D eigenvalue weighted by atomic mass is 9.99. The van der Waals surface area contributed by atoms with Crippen LogP contribution in [0.3, 0.4) is 0 Å². The molecule has 1 amide bonds. The van der Waals surface area contributed by atoms with E-state index < -0.39 is 17.8 Å². The maximum Gasteiger partial charge on any atom is 0.416 e. The Hall–Kier alpha value is -2.50. The van der Waals surface area contributed by atoms with Crippen LogP contribution in [0.5, 0.6) is 0 Å². The van der Waals surface area contributed by atoms with Crippen molar-refractivity contribution in [3.05, 3.63) is 59.2 Å². The number of fused-ring (bicyclic) bond motifs is 1. The highest BCUT2D eigenvalue weighted by molar-refractivity contribution is 5.68. The van der Waals surface area contributed by atoms with Crippen molar-refractivity contribution in [1.82, 2.24) is 5.32 Å². The summed E-state index contributed by atoms with van der Waals surface area (Å²) in [4.78, 5) is 10.8. The molecule has 1 unspecified atom stereocenters. The van der Waals surface area contributed by atoms with Crippen molar-refractivity contribution in [1.29, 1.82) is 0 Å². The van der Waals surface area contributed by atoms with Crippen molar-refractivity contribution in [3.8, 4) is 11.1 Å². The predicted octanol–water partition coefficient (Wildman–Crippen LogP) is 4.63. The molecule has 3 nitrogen and oxygen atoms in total. The first-order valence-electron chi connectivity index (χ1n) is 7.14. The Labute approximate surface area is 130 Å². The SMILES string of the molecule is O=C(O)NC1CCc2cc(-c3ccc(C(F)(F)F)cc3)ccc21. The van der Waals surface area contributed by atoms with Gasteiger partial charge in [0, 0.05) is 0 Å². The molecule has 0 saturated carbocycles. The highest BCUT2D eigenvalue weighted by atomic mass is 19.4. The van der Waals surface area contributed by atoms with Crippen LogP contribution in [0.1, 0.15) is 29.2 Å². The van der Waals surface area contributed by atoms with E-state index in [4.69, 9.17) is 5.11 Å². The second-order valence-electron chi connectivity index (χ2n) is 5.53. The topological polar surface area (TPSA) is 49.3 Å². The molecule has 0 saturated heterocycles.